The number of carbonyl (C=O) groups is 2. The standard InChI is InChI=1S/C21H25N3O8S/c1-21(2,3)32-20(26)16(12-19(22)25)23-33(29,30)18-10-9-15(24(27)28)11-17(18)31-13-14-7-5-4-6-8-14/h4-11,16,23H,12-13H2,1-3H3,(H2,22,25)/t16-/m0/s1. The summed E-state index contributed by atoms with van der Waals surface area (Å²) >= 11 is 0. The number of nitrogens with two attached hydrogens (primary N) is 1. The van der Waals surface area contributed by atoms with Crippen LogP contribution >= 0.6 is 0 Å². The number of primary amides is 1. The quantitative estimate of drug-likeness (QED) is 0.296. The summed E-state index contributed by atoms with van der Waals surface area (Å²) in [7, 11) is -4.49. The molecule has 0 bridgehead atoms. The fraction of sp³-hybridized carbons (Fsp3) is 0.333. The minimum atomic E-state index is -4.49. The highest BCUT2D eigenvalue weighted by Gasteiger charge is 2.33. The van der Waals surface area contributed by atoms with Crippen LogP contribution in [0, 0.1) is 10.1 Å². The Labute approximate surface area is 191 Å². The summed E-state index contributed by atoms with van der Waals surface area (Å²) in [5.74, 6) is -2.24. The predicted octanol–water partition coefficient (Wildman–Crippen LogP) is 2.04. The van der Waals surface area contributed by atoms with Crippen LogP contribution in [0.5, 0.6) is 5.75 Å². The fourth-order valence-corrected chi connectivity index (χ4v) is 3.99. The first-order valence-electron chi connectivity index (χ1n) is 9.77. The summed E-state index contributed by atoms with van der Waals surface area (Å²) in [4.78, 5) is 33.9. The molecule has 0 spiro atoms. The maximum Gasteiger partial charge on any atom is 0.325 e. The molecule has 0 heterocycles. The highest BCUT2D eigenvalue weighted by atomic mass is 32.2. The molecule has 11 nitrogen and oxygen atoms in total. The average molecular weight is 480 g/mol. The van der Waals surface area contributed by atoms with E-state index < -0.39 is 55.5 Å². The van der Waals surface area contributed by atoms with Crippen LogP contribution in [0.4, 0.5) is 5.69 Å². The Bertz CT molecular complexity index is 1130. The van der Waals surface area contributed by atoms with Crippen molar-refractivity contribution in [1.29, 1.82) is 0 Å². The average Bonchev–Trinajstić information content (AvgIpc) is 2.70. The lowest BCUT2D eigenvalue weighted by Crippen LogP contribution is -2.46. The molecule has 2 rings (SSSR count). The van der Waals surface area contributed by atoms with Gasteiger partial charge in [-0.3, -0.25) is 19.7 Å². The Balaban J connectivity index is 2.40. The van der Waals surface area contributed by atoms with Crippen LogP contribution in [0.15, 0.2) is 53.4 Å². The van der Waals surface area contributed by atoms with Crippen LogP contribution in [-0.4, -0.2) is 36.9 Å². The van der Waals surface area contributed by atoms with Crippen LogP contribution in [0.2, 0.25) is 0 Å². The summed E-state index contributed by atoms with van der Waals surface area (Å²) in [6.07, 6.45) is -0.651. The van der Waals surface area contributed by atoms with Gasteiger partial charge in [0.1, 0.15) is 28.9 Å². The fourth-order valence-electron chi connectivity index (χ4n) is 2.68. The summed E-state index contributed by atoms with van der Waals surface area (Å²) in [5, 5.41) is 11.2. The number of carbonyl (C=O) groups excluding carboxylic acids is 2. The van der Waals surface area contributed by atoms with Crippen molar-refractivity contribution in [3.63, 3.8) is 0 Å². The van der Waals surface area contributed by atoms with E-state index in [4.69, 9.17) is 15.2 Å². The van der Waals surface area contributed by atoms with Gasteiger partial charge in [0.2, 0.25) is 15.9 Å². The van der Waals surface area contributed by atoms with E-state index in [2.05, 4.69) is 4.72 Å². The first kappa shape index (κ1) is 25.7. The van der Waals surface area contributed by atoms with Crippen LogP contribution < -0.4 is 15.2 Å². The van der Waals surface area contributed by atoms with Gasteiger partial charge >= 0.3 is 5.97 Å². The van der Waals surface area contributed by atoms with Gasteiger partial charge in [0.05, 0.1) is 17.4 Å². The van der Waals surface area contributed by atoms with E-state index in [1.165, 1.54) is 0 Å². The zero-order chi connectivity index (χ0) is 24.8. The summed E-state index contributed by atoms with van der Waals surface area (Å²) in [6, 6.07) is 10.1. The molecule has 0 saturated heterocycles. The number of nitrogens with zero attached hydrogens (tertiary/aromatic N) is 1. The number of benzene rings is 2. The number of hydrogen-bond donors (Lipinski definition) is 2. The minimum absolute atomic E-state index is 0.0681. The SMILES string of the molecule is CC(C)(C)OC(=O)[C@H](CC(N)=O)NS(=O)(=O)c1ccc([N+](=O)[O-])cc1OCc1ccccc1. The van der Waals surface area contributed by atoms with Gasteiger partial charge in [-0.15, -0.1) is 0 Å². The Morgan fingerprint density at radius 1 is 1.15 bits per heavy atom. The molecule has 3 N–H and O–H groups in total. The van der Waals surface area contributed by atoms with Crippen molar-refractivity contribution in [2.45, 2.75) is 50.3 Å². The number of non-ortho nitro benzene ring substituents is 1. The van der Waals surface area contributed by atoms with Crippen molar-refractivity contribution in [2.24, 2.45) is 5.73 Å². The Kier molecular flexibility index (Phi) is 8.12. The molecule has 0 saturated carbocycles. The van der Waals surface area contributed by atoms with Crippen molar-refractivity contribution in [1.82, 2.24) is 4.72 Å². The van der Waals surface area contributed by atoms with E-state index in [0.717, 1.165) is 18.2 Å². The van der Waals surface area contributed by atoms with Crippen molar-refractivity contribution in [2.75, 3.05) is 0 Å². The van der Waals surface area contributed by atoms with Crippen LogP contribution in [0.1, 0.15) is 32.8 Å². The first-order valence-corrected chi connectivity index (χ1v) is 11.3. The Morgan fingerprint density at radius 3 is 2.33 bits per heavy atom. The maximum absolute atomic E-state index is 13.1. The molecule has 0 radical (unpaired) electrons. The number of nitrogens with one attached hydrogen (secondary N) is 1. The lowest BCUT2D eigenvalue weighted by Gasteiger charge is -2.24. The third kappa shape index (κ3) is 7.84. The molecule has 178 valence electrons. The van der Waals surface area contributed by atoms with Crippen LogP contribution in [0.3, 0.4) is 0 Å². The molecule has 0 aliphatic heterocycles. The molecule has 0 aliphatic rings. The number of rotatable bonds is 10. The molecule has 2 aromatic rings. The zero-order valence-corrected chi connectivity index (χ0v) is 19.1. The van der Waals surface area contributed by atoms with Gasteiger partial charge in [0, 0.05) is 6.07 Å². The van der Waals surface area contributed by atoms with Gasteiger partial charge < -0.3 is 15.2 Å². The monoisotopic (exact) mass is 479 g/mol. The van der Waals surface area contributed by atoms with Gasteiger partial charge in [0.15, 0.2) is 0 Å². The summed E-state index contributed by atoms with van der Waals surface area (Å²) in [6.45, 7) is 4.66. The smallest absolute Gasteiger partial charge is 0.325 e. The van der Waals surface area contributed by atoms with E-state index in [1.807, 2.05) is 0 Å². The second-order valence-corrected chi connectivity index (χ2v) is 9.72. The van der Waals surface area contributed by atoms with Crippen molar-refractivity contribution in [3.05, 3.63) is 64.2 Å². The van der Waals surface area contributed by atoms with E-state index in [0.29, 0.717) is 5.56 Å². The highest BCUT2D eigenvalue weighted by Crippen LogP contribution is 2.30. The summed E-state index contributed by atoms with van der Waals surface area (Å²) in [5.41, 5.74) is 4.52. The number of nitro benzene ring substituents is 1. The third-order valence-corrected chi connectivity index (χ3v) is 5.57. The van der Waals surface area contributed by atoms with Crippen molar-refractivity contribution >= 4 is 27.6 Å². The number of ether oxygens (including phenoxy) is 2. The van der Waals surface area contributed by atoms with Gasteiger partial charge in [0.25, 0.3) is 5.69 Å². The lowest BCUT2D eigenvalue weighted by atomic mass is 10.1. The summed E-state index contributed by atoms with van der Waals surface area (Å²) < 4.78 is 39.0. The molecule has 33 heavy (non-hydrogen) atoms. The maximum atomic E-state index is 13.1. The predicted molar refractivity (Wildman–Crippen MR) is 118 cm³/mol. The molecule has 1 amide bonds. The van der Waals surface area contributed by atoms with E-state index in [1.54, 1.807) is 51.1 Å². The molecule has 0 unspecified atom stereocenters. The van der Waals surface area contributed by atoms with Crippen molar-refractivity contribution < 1.29 is 32.4 Å². The van der Waals surface area contributed by atoms with E-state index >= 15 is 0 Å². The second-order valence-electron chi connectivity index (χ2n) is 8.04. The van der Waals surface area contributed by atoms with Gasteiger partial charge in [-0.25, -0.2) is 8.42 Å². The number of nitro groups is 1. The molecule has 12 heteroatoms. The molecular weight excluding hydrogens is 454 g/mol. The van der Waals surface area contributed by atoms with Gasteiger partial charge in [-0.2, -0.15) is 4.72 Å². The normalized spacial score (nSPS) is 12.6. The third-order valence-electron chi connectivity index (χ3n) is 4.06. The van der Waals surface area contributed by atoms with Crippen molar-refractivity contribution in [3.8, 4) is 5.75 Å². The molecule has 0 fully saturated rings. The molecule has 1 atom stereocenters. The van der Waals surface area contributed by atoms with Gasteiger partial charge in [-0.05, 0) is 32.4 Å². The number of sulfonamides is 1. The molecule has 0 aliphatic carbocycles. The zero-order valence-electron chi connectivity index (χ0n) is 18.3. The minimum Gasteiger partial charge on any atom is -0.487 e. The highest BCUT2D eigenvalue weighted by molar-refractivity contribution is 7.89. The molecule has 0 aromatic heterocycles. The van der Waals surface area contributed by atoms with Crippen LogP contribution in [-0.2, 0) is 31.0 Å². The lowest BCUT2D eigenvalue weighted by molar-refractivity contribution is -0.385. The molecule has 2 aromatic carbocycles. The topological polar surface area (TPSA) is 168 Å². The Morgan fingerprint density at radius 2 is 1.79 bits per heavy atom. The number of amides is 1. The van der Waals surface area contributed by atoms with E-state index in [-0.39, 0.29) is 12.4 Å². The number of hydrogen-bond acceptors (Lipinski definition) is 8. The van der Waals surface area contributed by atoms with Crippen LogP contribution in [0.25, 0.3) is 0 Å². The molecular formula is C21H25N3O8S. The van der Waals surface area contributed by atoms with Gasteiger partial charge in [-0.1, -0.05) is 30.3 Å². The number of esters is 1. The largest absolute Gasteiger partial charge is 0.487 e. The second kappa shape index (κ2) is 10.4. The van der Waals surface area contributed by atoms with E-state index in [9.17, 15) is 28.1 Å². The first-order chi connectivity index (χ1) is 15.3. The Hall–Kier alpha value is -3.51.